The van der Waals surface area contributed by atoms with Gasteiger partial charge in [0.15, 0.2) is 0 Å². The minimum absolute atomic E-state index is 0.283. The van der Waals surface area contributed by atoms with Crippen molar-refractivity contribution in [2.75, 3.05) is 39.9 Å². The third-order valence-electron chi connectivity index (χ3n) is 3.78. The van der Waals surface area contributed by atoms with E-state index < -0.39 is 0 Å². The molecule has 0 aliphatic carbocycles. The lowest BCUT2D eigenvalue weighted by molar-refractivity contribution is -0.147. The molecule has 0 spiro atoms. The van der Waals surface area contributed by atoms with Gasteiger partial charge in [-0.05, 0) is 32.4 Å². The molecule has 1 fully saturated rings. The Morgan fingerprint density at radius 3 is 2.76 bits per heavy atom. The van der Waals surface area contributed by atoms with Crippen molar-refractivity contribution in [3.63, 3.8) is 0 Å². The van der Waals surface area contributed by atoms with Crippen LogP contribution in [-0.2, 0) is 9.53 Å². The highest BCUT2D eigenvalue weighted by Gasteiger charge is 2.42. The fourth-order valence-electron chi connectivity index (χ4n) is 2.76. The molecule has 0 saturated carbocycles. The van der Waals surface area contributed by atoms with Gasteiger partial charge in [0.25, 0.3) is 0 Å². The Labute approximate surface area is 103 Å². The zero-order valence-corrected chi connectivity index (χ0v) is 10.6. The lowest BCUT2D eigenvalue weighted by Gasteiger charge is -2.40. The molecule has 1 N–H and O–H groups in total. The van der Waals surface area contributed by atoms with Gasteiger partial charge in [0.2, 0.25) is 5.91 Å². The topological polar surface area (TPSA) is 41.6 Å². The number of nitrogens with zero attached hydrogens (tertiary/aromatic N) is 1. The molecular formula is C13H22N2O2. The monoisotopic (exact) mass is 238 g/mol. The number of ether oxygens (including phenoxy) is 1. The molecule has 0 aromatic heterocycles. The molecule has 0 bridgehead atoms. The van der Waals surface area contributed by atoms with Crippen molar-refractivity contribution >= 4 is 5.91 Å². The number of nitrogens with one attached hydrogen (secondary N) is 1. The highest BCUT2D eigenvalue weighted by molar-refractivity contribution is 5.83. The van der Waals surface area contributed by atoms with Gasteiger partial charge < -0.3 is 15.0 Å². The van der Waals surface area contributed by atoms with E-state index in [4.69, 9.17) is 4.74 Å². The predicted octanol–water partition coefficient (Wildman–Crippen LogP) is 0.791. The van der Waals surface area contributed by atoms with Crippen LogP contribution >= 0.6 is 0 Å². The Balaban J connectivity index is 2.08. The highest BCUT2D eigenvalue weighted by Crippen LogP contribution is 2.32. The number of carbonyl (C=O) groups excluding carboxylic acids is 1. The van der Waals surface area contributed by atoms with E-state index in [1.807, 2.05) is 4.90 Å². The van der Waals surface area contributed by atoms with Crippen LogP contribution in [0.25, 0.3) is 0 Å². The lowest BCUT2D eigenvalue weighted by Crippen LogP contribution is -2.52. The Kier molecular flexibility index (Phi) is 4.18. The molecule has 17 heavy (non-hydrogen) atoms. The summed E-state index contributed by atoms with van der Waals surface area (Å²) in [6, 6.07) is 0. The minimum Gasteiger partial charge on any atom is -0.384 e. The maximum atomic E-state index is 12.6. The van der Waals surface area contributed by atoms with Gasteiger partial charge in [0.1, 0.15) is 0 Å². The van der Waals surface area contributed by atoms with Gasteiger partial charge in [-0.25, -0.2) is 0 Å². The molecule has 1 amide bonds. The summed E-state index contributed by atoms with van der Waals surface area (Å²) in [7, 11) is 1.69. The summed E-state index contributed by atoms with van der Waals surface area (Å²) in [5.41, 5.74) is -0.287. The number of hydrogen-bond acceptors (Lipinski definition) is 3. The van der Waals surface area contributed by atoms with Gasteiger partial charge >= 0.3 is 0 Å². The standard InChI is InChI=1S/C13H22N2O2/c1-17-11-13(5-7-14-8-6-13)12(16)15-9-3-2-4-10-15/h2-3,14H,4-11H2,1H3. The fraction of sp³-hybridized carbons (Fsp3) is 0.769. The first-order valence-corrected chi connectivity index (χ1v) is 6.42. The Hall–Kier alpha value is -0.870. The average molecular weight is 238 g/mol. The third kappa shape index (κ3) is 2.69. The lowest BCUT2D eigenvalue weighted by atomic mass is 9.78. The van der Waals surface area contributed by atoms with E-state index in [9.17, 15) is 4.79 Å². The summed E-state index contributed by atoms with van der Waals surface area (Å²) in [6.07, 6.45) is 6.99. The molecule has 0 atom stereocenters. The van der Waals surface area contributed by atoms with Crippen molar-refractivity contribution in [3.05, 3.63) is 12.2 Å². The smallest absolute Gasteiger partial charge is 0.231 e. The second-order valence-corrected chi connectivity index (χ2v) is 4.97. The number of rotatable bonds is 3. The molecule has 2 aliphatic rings. The second kappa shape index (κ2) is 5.65. The van der Waals surface area contributed by atoms with Crippen LogP contribution in [-0.4, -0.2) is 50.7 Å². The van der Waals surface area contributed by atoms with E-state index in [0.29, 0.717) is 6.61 Å². The molecule has 4 heteroatoms. The zero-order valence-electron chi connectivity index (χ0n) is 10.6. The van der Waals surface area contributed by atoms with E-state index >= 15 is 0 Å². The summed E-state index contributed by atoms with van der Waals surface area (Å²) < 4.78 is 5.30. The fourth-order valence-corrected chi connectivity index (χ4v) is 2.76. The van der Waals surface area contributed by atoms with Crippen LogP contribution in [0.3, 0.4) is 0 Å². The number of methoxy groups -OCH3 is 1. The first-order chi connectivity index (χ1) is 8.28. The maximum absolute atomic E-state index is 12.6. The highest BCUT2D eigenvalue weighted by atomic mass is 16.5. The van der Waals surface area contributed by atoms with Crippen LogP contribution in [0, 0.1) is 5.41 Å². The maximum Gasteiger partial charge on any atom is 0.231 e. The van der Waals surface area contributed by atoms with Crippen molar-refractivity contribution in [3.8, 4) is 0 Å². The van der Waals surface area contributed by atoms with Crippen molar-refractivity contribution in [2.24, 2.45) is 5.41 Å². The quantitative estimate of drug-likeness (QED) is 0.739. The minimum atomic E-state index is -0.287. The Bertz CT molecular complexity index is 290. The summed E-state index contributed by atoms with van der Waals surface area (Å²) in [5, 5.41) is 3.32. The van der Waals surface area contributed by atoms with Gasteiger partial charge in [0, 0.05) is 20.2 Å². The van der Waals surface area contributed by atoms with Crippen molar-refractivity contribution in [1.29, 1.82) is 0 Å². The summed E-state index contributed by atoms with van der Waals surface area (Å²) in [4.78, 5) is 14.6. The molecule has 2 aliphatic heterocycles. The Morgan fingerprint density at radius 2 is 2.18 bits per heavy atom. The zero-order chi connectivity index (χ0) is 12.1. The number of carbonyl (C=O) groups is 1. The molecule has 0 unspecified atom stereocenters. The number of hydrogen-bond donors (Lipinski definition) is 1. The van der Waals surface area contributed by atoms with Gasteiger partial charge in [-0.2, -0.15) is 0 Å². The molecule has 2 heterocycles. The molecular weight excluding hydrogens is 216 g/mol. The summed E-state index contributed by atoms with van der Waals surface area (Å²) >= 11 is 0. The number of amides is 1. The largest absolute Gasteiger partial charge is 0.384 e. The van der Waals surface area contributed by atoms with E-state index in [1.54, 1.807) is 7.11 Å². The predicted molar refractivity (Wildman–Crippen MR) is 66.7 cm³/mol. The van der Waals surface area contributed by atoms with Crippen LogP contribution in [0.5, 0.6) is 0 Å². The average Bonchev–Trinajstić information content (AvgIpc) is 2.40. The van der Waals surface area contributed by atoms with Crippen LogP contribution < -0.4 is 5.32 Å². The second-order valence-electron chi connectivity index (χ2n) is 4.97. The van der Waals surface area contributed by atoms with E-state index in [-0.39, 0.29) is 11.3 Å². The SMILES string of the molecule is COCC1(C(=O)N2CC=CCC2)CCNCC1. The van der Waals surface area contributed by atoms with E-state index in [1.165, 1.54) is 0 Å². The first-order valence-electron chi connectivity index (χ1n) is 6.42. The van der Waals surface area contributed by atoms with Gasteiger partial charge in [-0.15, -0.1) is 0 Å². The number of piperidine rings is 1. The molecule has 0 aromatic rings. The van der Waals surface area contributed by atoms with Gasteiger partial charge in [0.05, 0.1) is 12.0 Å². The third-order valence-corrected chi connectivity index (χ3v) is 3.78. The molecule has 0 radical (unpaired) electrons. The van der Waals surface area contributed by atoms with Crippen LogP contribution in [0.2, 0.25) is 0 Å². The molecule has 0 aromatic carbocycles. The summed E-state index contributed by atoms with van der Waals surface area (Å²) in [6.45, 7) is 4.00. The summed E-state index contributed by atoms with van der Waals surface area (Å²) in [5.74, 6) is 0.283. The molecule has 2 rings (SSSR count). The van der Waals surface area contributed by atoms with Crippen LogP contribution in [0.4, 0.5) is 0 Å². The first kappa shape index (κ1) is 12.6. The van der Waals surface area contributed by atoms with Gasteiger partial charge in [-0.1, -0.05) is 12.2 Å². The van der Waals surface area contributed by atoms with Gasteiger partial charge in [-0.3, -0.25) is 4.79 Å². The van der Waals surface area contributed by atoms with Crippen molar-refractivity contribution in [2.45, 2.75) is 19.3 Å². The van der Waals surface area contributed by atoms with Crippen LogP contribution in [0.15, 0.2) is 12.2 Å². The molecule has 4 nitrogen and oxygen atoms in total. The molecule has 1 saturated heterocycles. The van der Waals surface area contributed by atoms with Crippen molar-refractivity contribution < 1.29 is 9.53 Å². The van der Waals surface area contributed by atoms with E-state index in [2.05, 4.69) is 17.5 Å². The van der Waals surface area contributed by atoms with E-state index in [0.717, 1.165) is 45.4 Å². The normalized spacial score (nSPS) is 23.7. The van der Waals surface area contributed by atoms with Crippen molar-refractivity contribution in [1.82, 2.24) is 10.2 Å². The Morgan fingerprint density at radius 1 is 1.41 bits per heavy atom. The van der Waals surface area contributed by atoms with Crippen LogP contribution in [0.1, 0.15) is 19.3 Å². The molecule has 96 valence electrons.